The molecule has 0 aromatic carbocycles. The maximum atomic E-state index is 9.00. The number of piperazine rings is 1. The van der Waals surface area contributed by atoms with Crippen LogP contribution in [0.2, 0.25) is 0 Å². The molecule has 0 unspecified atom stereocenters. The number of hydrogen-bond donors (Lipinski definition) is 0. The fourth-order valence-corrected chi connectivity index (χ4v) is 2.98. The number of anilines is 2. The zero-order valence-corrected chi connectivity index (χ0v) is 14.4. The van der Waals surface area contributed by atoms with Crippen molar-refractivity contribution >= 4 is 11.6 Å². The van der Waals surface area contributed by atoms with Gasteiger partial charge in [0, 0.05) is 32.4 Å². The van der Waals surface area contributed by atoms with E-state index >= 15 is 0 Å². The lowest BCUT2D eigenvalue weighted by atomic mass is 10.3. The first-order valence-corrected chi connectivity index (χ1v) is 8.46. The summed E-state index contributed by atoms with van der Waals surface area (Å²) in [6.07, 6.45) is 1.88. The van der Waals surface area contributed by atoms with Crippen LogP contribution in [0.3, 0.4) is 0 Å². The highest BCUT2D eigenvalue weighted by atomic mass is 15.4. The van der Waals surface area contributed by atoms with Crippen molar-refractivity contribution in [2.24, 2.45) is 0 Å². The van der Waals surface area contributed by atoms with E-state index in [1.54, 1.807) is 10.7 Å². The number of nitriles is 1. The van der Waals surface area contributed by atoms with Gasteiger partial charge in [-0.15, -0.1) is 10.2 Å². The molecular formula is C18H18N8. The minimum atomic E-state index is 0.445. The molecule has 4 heterocycles. The van der Waals surface area contributed by atoms with Gasteiger partial charge in [-0.2, -0.15) is 10.4 Å². The van der Waals surface area contributed by atoms with Crippen LogP contribution in [0, 0.1) is 18.3 Å². The van der Waals surface area contributed by atoms with Crippen molar-refractivity contribution in [1.82, 2.24) is 25.0 Å². The number of rotatable bonds is 3. The van der Waals surface area contributed by atoms with E-state index in [-0.39, 0.29) is 0 Å². The first kappa shape index (κ1) is 16.0. The summed E-state index contributed by atoms with van der Waals surface area (Å²) in [4.78, 5) is 8.76. The third-order valence-corrected chi connectivity index (χ3v) is 4.37. The van der Waals surface area contributed by atoms with Gasteiger partial charge >= 0.3 is 0 Å². The van der Waals surface area contributed by atoms with Gasteiger partial charge in [0.25, 0.3) is 0 Å². The van der Waals surface area contributed by atoms with Gasteiger partial charge < -0.3 is 9.80 Å². The van der Waals surface area contributed by atoms with Crippen molar-refractivity contribution in [1.29, 1.82) is 5.26 Å². The van der Waals surface area contributed by atoms with Gasteiger partial charge in [-0.1, -0.05) is 6.07 Å². The molecule has 3 aromatic heterocycles. The molecule has 8 heteroatoms. The zero-order chi connectivity index (χ0) is 17.9. The van der Waals surface area contributed by atoms with Crippen molar-refractivity contribution in [3.8, 4) is 11.9 Å². The molecule has 0 spiro atoms. The second-order valence-corrected chi connectivity index (χ2v) is 6.12. The Labute approximate surface area is 151 Å². The number of pyridine rings is 1. The molecule has 0 bridgehead atoms. The topological polar surface area (TPSA) is 86.8 Å². The van der Waals surface area contributed by atoms with Gasteiger partial charge in [0.1, 0.15) is 17.6 Å². The lowest BCUT2D eigenvalue weighted by Crippen LogP contribution is -2.47. The monoisotopic (exact) mass is 346 g/mol. The Bertz CT molecular complexity index is 932. The Balaban J connectivity index is 1.42. The number of aromatic nitrogens is 5. The van der Waals surface area contributed by atoms with Gasteiger partial charge in [0.2, 0.25) is 0 Å². The molecule has 1 aliphatic heterocycles. The molecule has 0 saturated carbocycles. The molecule has 1 saturated heterocycles. The van der Waals surface area contributed by atoms with Gasteiger partial charge in [-0.25, -0.2) is 9.67 Å². The zero-order valence-electron chi connectivity index (χ0n) is 14.4. The molecule has 1 fully saturated rings. The van der Waals surface area contributed by atoms with Crippen molar-refractivity contribution < 1.29 is 0 Å². The summed E-state index contributed by atoms with van der Waals surface area (Å²) >= 11 is 0. The molecule has 4 rings (SSSR count). The smallest absolute Gasteiger partial charge is 0.175 e. The van der Waals surface area contributed by atoms with Crippen molar-refractivity contribution in [2.45, 2.75) is 6.92 Å². The van der Waals surface area contributed by atoms with E-state index in [0.29, 0.717) is 11.5 Å². The summed E-state index contributed by atoms with van der Waals surface area (Å²) in [6.45, 7) is 5.24. The summed E-state index contributed by atoms with van der Waals surface area (Å²) in [5.74, 6) is 2.41. The predicted molar refractivity (Wildman–Crippen MR) is 97.3 cm³/mol. The first-order chi connectivity index (χ1) is 12.7. The second-order valence-electron chi connectivity index (χ2n) is 6.12. The largest absolute Gasteiger partial charge is 0.353 e. The molecule has 0 radical (unpaired) electrons. The molecule has 1 aliphatic rings. The maximum absolute atomic E-state index is 9.00. The van der Waals surface area contributed by atoms with E-state index in [9.17, 15) is 0 Å². The summed E-state index contributed by atoms with van der Waals surface area (Å²) < 4.78 is 1.72. The van der Waals surface area contributed by atoms with Crippen molar-refractivity contribution in [3.05, 3.63) is 54.0 Å². The average molecular weight is 346 g/mol. The lowest BCUT2D eigenvalue weighted by Gasteiger charge is -2.35. The van der Waals surface area contributed by atoms with E-state index in [0.717, 1.165) is 43.5 Å². The Morgan fingerprint density at radius 1 is 0.885 bits per heavy atom. The van der Waals surface area contributed by atoms with Gasteiger partial charge in [-0.3, -0.25) is 0 Å². The quantitative estimate of drug-likeness (QED) is 0.711. The highest BCUT2D eigenvalue weighted by Gasteiger charge is 2.19. The highest BCUT2D eigenvalue weighted by molar-refractivity contribution is 5.46. The van der Waals surface area contributed by atoms with Crippen LogP contribution in [-0.4, -0.2) is 51.1 Å². The summed E-state index contributed by atoms with van der Waals surface area (Å²) in [5.41, 5.74) is 1.39. The summed E-state index contributed by atoms with van der Waals surface area (Å²) in [6, 6.07) is 13.5. The van der Waals surface area contributed by atoms with E-state index in [2.05, 4.69) is 36.1 Å². The molecule has 3 aromatic rings. The van der Waals surface area contributed by atoms with Crippen molar-refractivity contribution in [3.63, 3.8) is 0 Å². The van der Waals surface area contributed by atoms with Crippen LogP contribution in [0.5, 0.6) is 0 Å². The van der Waals surface area contributed by atoms with E-state index in [1.807, 2.05) is 43.5 Å². The van der Waals surface area contributed by atoms with Crippen LogP contribution in [-0.2, 0) is 0 Å². The molecule has 130 valence electrons. The average Bonchev–Trinajstić information content (AvgIpc) is 3.15. The van der Waals surface area contributed by atoms with Gasteiger partial charge in [0.05, 0.1) is 5.69 Å². The molecule has 0 N–H and O–H groups in total. The predicted octanol–water partition coefficient (Wildman–Crippen LogP) is 1.56. The third kappa shape index (κ3) is 3.19. The Kier molecular flexibility index (Phi) is 4.19. The third-order valence-electron chi connectivity index (χ3n) is 4.37. The van der Waals surface area contributed by atoms with Gasteiger partial charge in [-0.05, 0) is 37.3 Å². The number of nitrogens with zero attached hydrogens (tertiary/aromatic N) is 8. The highest BCUT2D eigenvalue weighted by Crippen LogP contribution is 2.18. The van der Waals surface area contributed by atoms with E-state index < -0.39 is 0 Å². The molecule has 0 aliphatic carbocycles. The molecule has 8 nitrogen and oxygen atoms in total. The normalized spacial score (nSPS) is 14.3. The van der Waals surface area contributed by atoms with Crippen molar-refractivity contribution in [2.75, 3.05) is 36.0 Å². The number of aryl methyl sites for hydroxylation is 1. The Hall–Kier alpha value is -3.47. The fourth-order valence-electron chi connectivity index (χ4n) is 2.98. The summed E-state index contributed by atoms with van der Waals surface area (Å²) in [5, 5.41) is 22.0. The molecule has 0 atom stereocenters. The Morgan fingerprint density at radius 3 is 2.19 bits per heavy atom. The first-order valence-electron chi connectivity index (χ1n) is 8.46. The fraction of sp³-hybridized carbons (Fsp3) is 0.278. The van der Waals surface area contributed by atoms with E-state index in [1.165, 1.54) is 0 Å². The minimum Gasteiger partial charge on any atom is -0.353 e. The molecule has 0 amide bonds. The number of hydrogen-bond acceptors (Lipinski definition) is 7. The molecular weight excluding hydrogens is 328 g/mol. The van der Waals surface area contributed by atoms with Crippen LogP contribution in [0.1, 0.15) is 11.4 Å². The van der Waals surface area contributed by atoms with E-state index in [4.69, 9.17) is 5.26 Å². The van der Waals surface area contributed by atoms with Crippen LogP contribution in [0.15, 0.2) is 42.6 Å². The van der Waals surface area contributed by atoms with Crippen LogP contribution in [0.4, 0.5) is 11.6 Å². The SMILES string of the molecule is Cc1ccn(-c2ccc(N3CCN(c4cccc(C#N)n4)CC3)nn2)n1. The Morgan fingerprint density at radius 2 is 1.58 bits per heavy atom. The standard InChI is InChI=1S/C18H18N8/c1-14-7-8-26(23-14)18-6-5-17(21-22-18)25-11-9-24(10-12-25)16-4-2-3-15(13-19)20-16/h2-8H,9-12H2,1H3. The maximum Gasteiger partial charge on any atom is 0.175 e. The lowest BCUT2D eigenvalue weighted by molar-refractivity contribution is 0.636. The summed E-state index contributed by atoms with van der Waals surface area (Å²) in [7, 11) is 0. The molecule has 26 heavy (non-hydrogen) atoms. The van der Waals surface area contributed by atoms with Crippen LogP contribution >= 0.6 is 0 Å². The van der Waals surface area contributed by atoms with Gasteiger partial charge in [0.15, 0.2) is 11.6 Å². The van der Waals surface area contributed by atoms with Crippen LogP contribution in [0.25, 0.3) is 5.82 Å². The van der Waals surface area contributed by atoms with Crippen LogP contribution < -0.4 is 9.80 Å². The second kappa shape index (κ2) is 6.80. The minimum absolute atomic E-state index is 0.445.